The Morgan fingerprint density at radius 2 is 2.23 bits per heavy atom. The lowest BCUT2D eigenvalue weighted by molar-refractivity contribution is -0.0494. The van der Waals surface area contributed by atoms with Gasteiger partial charge in [0.25, 0.3) is 0 Å². The normalized spacial score (nSPS) is 10.5. The van der Waals surface area contributed by atoms with Crippen molar-refractivity contribution in [2.24, 2.45) is 0 Å². The van der Waals surface area contributed by atoms with E-state index >= 15 is 0 Å². The molecule has 0 aliphatic heterocycles. The molecule has 0 fully saturated rings. The number of halogens is 3. The Hall–Kier alpha value is -2.29. The van der Waals surface area contributed by atoms with Crippen LogP contribution in [0.3, 0.4) is 0 Å². The Morgan fingerprint density at radius 1 is 1.41 bits per heavy atom. The van der Waals surface area contributed by atoms with Crippen molar-refractivity contribution in [2.45, 2.75) is 13.0 Å². The fraction of sp³-hybridized carbons (Fsp3) is 0.231. The quantitative estimate of drug-likeness (QED) is 0.854. The molecule has 0 saturated carbocycles. The van der Waals surface area contributed by atoms with Crippen molar-refractivity contribution in [3.05, 3.63) is 40.6 Å². The van der Waals surface area contributed by atoms with Crippen molar-refractivity contribution >= 4 is 23.1 Å². The maximum absolute atomic E-state index is 13.2. The molecule has 1 aromatic carbocycles. The minimum absolute atomic E-state index is 0.175. The molecule has 1 heterocycles. The number of benzene rings is 1. The Balaban J connectivity index is 1.91. The molecular formula is C13H12F3N3O2S. The van der Waals surface area contributed by atoms with Crippen LogP contribution in [0.5, 0.6) is 5.75 Å². The number of nitrogens with one attached hydrogen (secondary N) is 2. The van der Waals surface area contributed by atoms with Crippen LogP contribution in [-0.2, 0) is 6.42 Å². The third-order valence-corrected chi connectivity index (χ3v) is 3.19. The minimum atomic E-state index is -3.07. The van der Waals surface area contributed by atoms with Gasteiger partial charge in [0.05, 0.1) is 16.9 Å². The summed E-state index contributed by atoms with van der Waals surface area (Å²) in [4.78, 5) is 15.7. The lowest BCUT2D eigenvalue weighted by Gasteiger charge is -2.12. The van der Waals surface area contributed by atoms with Gasteiger partial charge in [0, 0.05) is 24.4 Å². The van der Waals surface area contributed by atoms with Gasteiger partial charge in [-0.05, 0) is 12.1 Å². The van der Waals surface area contributed by atoms with E-state index in [-0.39, 0.29) is 11.4 Å². The smallest absolute Gasteiger partial charge is 0.387 e. The predicted molar refractivity (Wildman–Crippen MR) is 75.9 cm³/mol. The topological polar surface area (TPSA) is 63.2 Å². The molecule has 0 bridgehead atoms. The molecule has 0 spiro atoms. The summed E-state index contributed by atoms with van der Waals surface area (Å²) in [5.74, 6) is -0.995. The molecule has 9 heteroatoms. The number of hydrogen-bond donors (Lipinski definition) is 2. The third-order valence-electron chi connectivity index (χ3n) is 2.56. The van der Waals surface area contributed by atoms with Gasteiger partial charge in [0.15, 0.2) is 0 Å². The molecule has 2 aromatic rings. The lowest BCUT2D eigenvalue weighted by atomic mass is 10.3. The standard InChI is InChI=1S/C13H12F3N3O2S/c14-8-1-2-11(21-12(15)16)10(5-8)19-13(20)17-4-3-9-6-22-7-18-9/h1-2,5-7,12H,3-4H2,(H2,17,19,20). The Bertz CT molecular complexity index is 623. The molecule has 1 aromatic heterocycles. The summed E-state index contributed by atoms with van der Waals surface area (Å²) in [6.07, 6.45) is 0.528. The highest BCUT2D eigenvalue weighted by atomic mass is 32.1. The first-order valence-corrected chi connectivity index (χ1v) is 7.15. The summed E-state index contributed by atoms with van der Waals surface area (Å²) < 4.78 is 41.9. The first-order chi connectivity index (χ1) is 10.5. The second-order valence-electron chi connectivity index (χ2n) is 4.13. The number of nitrogens with zero attached hydrogens (tertiary/aromatic N) is 1. The average Bonchev–Trinajstić information content (AvgIpc) is 2.94. The average molecular weight is 331 g/mol. The van der Waals surface area contributed by atoms with Crippen LogP contribution in [0, 0.1) is 5.82 Å². The van der Waals surface area contributed by atoms with Gasteiger partial charge in [-0.15, -0.1) is 11.3 Å². The van der Waals surface area contributed by atoms with Crippen LogP contribution >= 0.6 is 11.3 Å². The van der Waals surface area contributed by atoms with E-state index in [0.29, 0.717) is 13.0 Å². The molecule has 5 nitrogen and oxygen atoms in total. The predicted octanol–water partition coefficient (Wildman–Crippen LogP) is 3.25. The number of amides is 2. The number of carbonyl (C=O) groups excluding carboxylic acids is 1. The van der Waals surface area contributed by atoms with Crippen molar-refractivity contribution in [1.82, 2.24) is 10.3 Å². The number of anilines is 1. The first-order valence-electron chi connectivity index (χ1n) is 6.21. The fourth-order valence-corrected chi connectivity index (χ4v) is 2.22. The zero-order chi connectivity index (χ0) is 15.9. The van der Waals surface area contributed by atoms with Crippen molar-refractivity contribution < 1.29 is 22.7 Å². The van der Waals surface area contributed by atoms with Crippen molar-refractivity contribution in [3.8, 4) is 5.75 Å². The molecular weight excluding hydrogens is 319 g/mol. The van der Waals surface area contributed by atoms with E-state index in [2.05, 4.69) is 20.4 Å². The van der Waals surface area contributed by atoms with Gasteiger partial charge < -0.3 is 15.4 Å². The fourth-order valence-electron chi connectivity index (χ4n) is 1.63. The number of thiazole rings is 1. The van der Waals surface area contributed by atoms with Gasteiger partial charge >= 0.3 is 12.6 Å². The van der Waals surface area contributed by atoms with Crippen molar-refractivity contribution in [2.75, 3.05) is 11.9 Å². The van der Waals surface area contributed by atoms with E-state index < -0.39 is 18.5 Å². The second-order valence-corrected chi connectivity index (χ2v) is 4.85. The van der Waals surface area contributed by atoms with Crippen LogP contribution in [0.4, 0.5) is 23.7 Å². The molecule has 2 N–H and O–H groups in total. The van der Waals surface area contributed by atoms with Crippen LogP contribution in [0.1, 0.15) is 5.69 Å². The molecule has 0 atom stereocenters. The number of urea groups is 1. The molecule has 0 unspecified atom stereocenters. The number of ether oxygens (including phenoxy) is 1. The molecule has 0 aliphatic rings. The van der Waals surface area contributed by atoms with E-state index in [9.17, 15) is 18.0 Å². The third kappa shape index (κ3) is 4.92. The van der Waals surface area contributed by atoms with Gasteiger partial charge in [-0.2, -0.15) is 8.78 Å². The molecule has 0 aliphatic carbocycles. The highest BCUT2D eigenvalue weighted by Crippen LogP contribution is 2.26. The SMILES string of the molecule is O=C(NCCc1cscn1)Nc1cc(F)ccc1OC(F)F. The molecule has 2 rings (SSSR count). The van der Waals surface area contributed by atoms with Crippen LogP contribution in [0.15, 0.2) is 29.1 Å². The van der Waals surface area contributed by atoms with Gasteiger partial charge in [0.2, 0.25) is 0 Å². The first kappa shape index (κ1) is 16.1. The van der Waals surface area contributed by atoms with E-state index in [1.165, 1.54) is 11.3 Å². The molecule has 0 radical (unpaired) electrons. The molecule has 2 amide bonds. The van der Waals surface area contributed by atoms with Crippen molar-refractivity contribution in [3.63, 3.8) is 0 Å². The maximum Gasteiger partial charge on any atom is 0.387 e. The van der Waals surface area contributed by atoms with Crippen LogP contribution in [0.2, 0.25) is 0 Å². The number of hydrogen-bond acceptors (Lipinski definition) is 4. The van der Waals surface area contributed by atoms with Crippen LogP contribution in [-0.4, -0.2) is 24.2 Å². The minimum Gasteiger partial charge on any atom is -0.433 e. The molecule has 0 saturated heterocycles. The summed E-state index contributed by atoms with van der Waals surface area (Å²) in [5, 5.41) is 6.64. The van der Waals surface area contributed by atoms with Gasteiger partial charge in [-0.1, -0.05) is 0 Å². The summed E-state index contributed by atoms with van der Waals surface area (Å²) in [5.41, 5.74) is 2.33. The van der Waals surface area contributed by atoms with Gasteiger partial charge in [0.1, 0.15) is 11.6 Å². The van der Waals surface area contributed by atoms with E-state index in [0.717, 1.165) is 23.9 Å². The highest BCUT2D eigenvalue weighted by molar-refractivity contribution is 7.07. The lowest BCUT2D eigenvalue weighted by Crippen LogP contribution is -2.30. The Morgan fingerprint density at radius 3 is 2.91 bits per heavy atom. The Kier molecular flexibility index (Phi) is 5.59. The summed E-state index contributed by atoms with van der Waals surface area (Å²) >= 11 is 1.44. The summed E-state index contributed by atoms with van der Waals surface area (Å²) in [7, 11) is 0. The number of alkyl halides is 2. The van der Waals surface area contributed by atoms with Gasteiger partial charge in [-0.3, -0.25) is 0 Å². The van der Waals surface area contributed by atoms with Crippen LogP contribution in [0.25, 0.3) is 0 Å². The molecule has 118 valence electrons. The summed E-state index contributed by atoms with van der Waals surface area (Å²) in [6.45, 7) is -2.77. The number of rotatable bonds is 6. The highest BCUT2D eigenvalue weighted by Gasteiger charge is 2.13. The largest absolute Gasteiger partial charge is 0.433 e. The zero-order valence-electron chi connectivity index (χ0n) is 11.2. The number of aromatic nitrogens is 1. The van der Waals surface area contributed by atoms with E-state index in [4.69, 9.17) is 0 Å². The summed E-state index contributed by atoms with van der Waals surface area (Å²) in [6, 6.07) is 2.23. The maximum atomic E-state index is 13.2. The Labute approximate surface area is 128 Å². The van der Waals surface area contributed by atoms with Crippen molar-refractivity contribution in [1.29, 1.82) is 0 Å². The molecule has 22 heavy (non-hydrogen) atoms. The van der Waals surface area contributed by atoms with E-state index in [1.807, 2.05) is 5.38 Å². The van der Waals surface area contributed by atoms with Gasteiger partial charge in [-0.25, -0.2) is 14.2 Å². The number of carbonyl (C=O) groups is 1. The monoisotopic (exact) mass is 331 g/mol. The van der Waals surface area contributed by atoms with Crippen LogP contribution < -0.4 is 15.4 Å². The zero-order valence-corrected chi connectivity index (χ0v) is 12.0. The second kappa shape index (κ2) is 7.64. The van der Waals surface area contributed by atoms with E-state index in [1.54, 1.807) is 5.51 Å².